The summed E-state index contributed by atoms with van der Waals surface area (Å²) in [5, 5.41) is 0. The van der Waals surface area contributed by atoms with Gasteiger partial charge in [0.05, 0.1) is 7.11 Å². The van der Waals surface area contributed by atoms with Crippen LogP contribution in [0, 0.1) is 0 Å². The lowest BCUT2D eigenvalue weighted by molar-refractivity contribution is -0.140. The van der Waals surface area contributed by atoms with Gasteiger partial charge in [-0.1, -0.05) is 13.3 Å². The van der Waals surface area contributed by atoms with Crippen molar-refractivity contribution in [1.82, 2.24) is 0 Å². The van der Waals surface area contributed by atoms with Crippen LogP contribution in [0.15, 0.2) is 0 Å². The molecule has 0 bridgehead atoms. The maximum atomic E-state index is 10.5. The van der Waals surface area contributed by atoms with Gasteiger partial charge in [-0.25, -0.2) is 0 Å². The van der Waals surface area contributed by atoms with Crippen LogP contribution in [0.4, 0.5) is 0 Å². The first-order chi connectivity index (χ1) is 6.20. The van der Waals surface area contributed by atoms with Gasteiger partial charge in [0.1, 0.15) is 5.78 Å². The Hall–Kier alpha value is -0.860. The molecule has 76 valence electrons. The van der Waals surface area contributed by atoms with Gasteiger partial charge in [0.15, 0.2) is 0 Å². The van der Waals surface area contributed by atoms with Gasteiger partial charge in [0, 0.05) is 19.3 Å². The number of esters is 1. The number of rotatable bonds is 1. The number of Topliss-reactive ketones (excluding diaryl/α,β-unsaturated/α-hetero) is 1. The van der Waals surface area contributed by atoms with Crippen LogP contribution in [-0.2, 0) is 14.3 Å². The summed E-state index contributed by atoms with van der Waals surface area (Å²) in [6, 6.07) is 0. The first-order valence-electron chi connectivity index (χ1n) is 4.79. The van der Waals surface area contributed by atoms with Crippen LogP contribution in [0.3, 0.4) is 0 Å². The highest BCUT2D eigenvalue weighted by atomic mass is 16.5. The van der Waals surface area contributed by atoms with Crippen LogP contribution in [0.2, 0.25) is 0 Å². The third-order valence-corrected chi connectivity index (χ3v) is 1.93. The van der Waals surface area contributed by atoms with Gasteiger partial charge >= 0.3 is 5.97 Å². The summed E-state index contributed by atoms with van der Waals surface area (Å²) in [5.41, 5.74) is 0. The van der Waals surface area contributed by atoms with Gasteiger partial charge in [-0.05, 0) is 12.8 Å². The smallest absolute Gasteiger partial charge is 0.305 e. The summed E-state index contributed by atoms with van der Waals surface area (Å²) in [6.07, 6.45) is 5.71. The average molecular weight is 186 g/mol. The lowest BCUT2D eigenvalue weighted by Gasteiger charge is -2.05. The van der Waals surface area contributed by atoms with Crippen molar-refractivity contribution in [3.05, 3.63) is 0 Å². The molecule has 0 aromatic carbocycles. The van der Waals surface area contributed by atoms with E-state index in [0.717, 1.165) is 25.7 Å². The van der Waals surface area contributed by atoms with E-state index in [1.165, 1.54) is 13.5 Å². The van der Waals surface area contributed by atoms with Crippen LogP contribution >= 0.6 is 0 Å². The second-order valence-electron chi connectivity index (χ2n) is 3.03. The number of carbonyl (C=O) groups excluding carboxylic acids is 2. The van der Waals surface area contributed by atoms with Crippen molar-refractivity contribution in [2.45, 2.75) is 45.4 Å². The molecule has 1 saturated carbocycles. The van der Waals surface area contributed by atoms with E-state index in [0.29, 0.717) is 12.2 Å². The average Bonchev–Trinajstić information content (AvgIpc) is 2.19. The van der Waals surface area contributed by atoms with E-state index in [9.17, 15) is 9.59 Å². The van der Waals surface area contributed by atoms with Gasteiger partial charge < -0.3 is 4.74 Å². The summed E-state index contributed by atoms with van der Waals surface area (Å²) >= 11 is 0. The quantitative estimate of drug-likeness (QED) is 0.589. The molecule has 0 aliphatic heterocycles. The van der Waals surface area contributed by atoms with Gasteiger partial charge in [-0.15, -0.1) is 0 Å². The van der Waals surface area contributed by atoms with Crippen LogP contribution < -0.4 is 0 Å². The molecule has 0 spiro atoms. The summed E-state index contributed by atoms with van der Waals surface area (Å²) in [6.45, 7) is 1.76. The van der Waals surface area contributed by atoms with Crippen molar-refractivity contribution >= 4 is 11.8 Å². The predicted octanol–water partition coefficient (Wildman–Crippen LogP) is 2.09. The highest BCUT2D eigenvalue weighted by Crippen LogP contribution is 2.12. The molecular formula is C10H18O3. The van der Waals surface area contributed by atoms with Gasteiger partial charge in [0.2, 0.25) is 0 Å². The maximum Gasteiger partial charge on any atom is 0.305 e. The van der Waals surface area contributed by atoms with Gasteiger partial charge in [-0.3, -0.25) is 9.59 Å². The zero-order valence-electron chi connectivity index (χ0n) is 8.47. The molecule has 3 nitrogen and oxygen atoms in total. The molecule has 3 heteroatoms. The van der Waals surface area contributed by atoms with Crippen molar-refractivity contribution in [2.24, 2.45) is 0 Å². The molecule has 1 rings (SSSR count). The topological polar surface area (TPSA) is 43.4 Å². The zero-order chi connectivity index (χ0) is 10.1. The molecule has 1 fully saturated rings. The van der Waals surface area contributed by atoms with Crippen molar-refractivity contribution in [1.29, 1.82) is 0 Å². The Bertz CT molecular complexity index is 150. The number of ether oxygens (including phenoxy) is 1. The molecule has 0 aromatic heterocycles. The Labute approximate surface area is 79.5 Å². The Morgan fingerprint density at radius 3 is 2.00 bits per heavy atom. The minimum Gasteiger partial charge on any atom is -0.469 e. The SMILES string of the molecule is CCC(=O)OC.O=C1CCCCC1. The Balaban J connectivity index is 0.000000226. The molecule has 0 aromatic rings. The fourth-order valence-corrected chi connectivity index (χ4v) is 1.09. The molecule has 0 atom stereocenters. The molecule has 1 aliphatic carbocycles. The van der Waals surface area contributed by atoms with E-state index in [2.05, 4.69) is 4.74 Å². The van der Waals surface area contributed by atoms with Gasteiger partial charge in [-0.2, -0.15) is 0 Å². The van der Waals surface area contributed by atoms with E-state index in [1.807, 2.05) is 0 Å². The Kier molecular flexibility index (Phi) is 7.26. The zero-order valence-corrected chi connectivity index (χ0v) is 8.47. The minimum absolute atomic E-state index is 0.157. The second kappa shape index (κ2) is 7.77. The summed E-state index contributed by atoms with van der Waals surface area (Å²) in [4.78, 5) is 20.4. The molecular weight excluding hydrogens is 168 g/mol. The van der Waals surface area contributed by atoms with Crippen molar-refractivity contribution in [3.63, 3.8) is 0 Å². The molecule has 1 aliphatic rings. The lowest BCUT2D eigenvalue weighted by atomic mass is 10.00. The predicted molar refractivity (Wildman–Crippen MR) is 50.4 cm³/mol. The summed E-state index contributed by atoms with van der Waals surface area (Å²) in [5.74, 6) is 0.307. The minimum atomic E-state index is -0.157. The van der Waals surface area contributed by atoms with Crippen LogP contribution in [0.5, 0.6) is 0 Å². The summed E-state index contributed by atoms with van der Waals surface area (Å²) in [7, 11) is 1.38. The standard InChI is InChI=1S/C6H10O.C4H8O2/c7-6-4-2-1-3-5-6;1-3-4(5)6-2/h1-5H2;3H2,1-2H3. The largest absolute Gasteiger partial charge is 0.469 e. The Morgan fingerprint density at radius 1 is 1.31 bits per heavy atom. The first kappa shape index (κ1) is 12.1. The number of hydrogen-bond donors (Lipinski definition) is 0. The van der Waals surface area contributed by atoms with Gasteiger partial charge in [0.25, 0.3) is 0 Å². The van der Waals surface area contributed by atoms with Crippen molar-refractivity contribution in [2.75, 3.05) is 7.11 Å². The third-order valence-electron chi connectivity index (χ3n) is 1.93. The van der Waals surface area contributed by atoms with E-state index in [-0.39, 0.29) is 5.97 Å². The molecule has 0 saturated heterocycles. The second-order valence-corrected chi connectivity index (χ2v) is 3.03. The molecule has 0 amide bonds. The monoisotopic (exact) mass is 186 g/mol. The van der Waals surface area contributed by atoms with Crippen molar-refractivity contribution < 1.29 is 14.3 Å². The molecule has 0 radical (unpaired) electrons. The number of carbonyl (C=O) groups is 2. The van der Waals surface area contributed by atoms with Crippen LogP contribution in [-0.4, -0.2) is 18.9 Å². The van der Waals surface area contributed by atoms with E-state index < -0.39 is 0 Å². The lowest BCUT2D eigenvalue weighted by Crippen LogP contribution is -2.02. The number of methoxy groups -OCH3 is 1. The third kappa shape index (κ3) is 7.50. The maximum absolute atomic E-state index is 10.5. The van der Waals surface area contributed by atoms with Crippen LogP contribution in [0.1, 0.15) is 45.4 Å². The molecule has 0 N–H and O–H groups in total. The molecule has 13 heavy (non-hydrogen) atoms. The van der Waals surface area contributed by atoms with E-state index in [1.54, 1.807) is 6.92 Å². The fraction of sp³-hybridized carbons (Fsp3) is 0.800. The number of hydrogen-bond acceptors (Lipinski definition) is 3. The first-order valence-corrected chi connectivity index (χ1v) is 4.79. The van der Waals surface area contributed by atoms with Crippen molar-refractivity contribution in [3.8, 4) is 0 Å². The highest BCUT2D eigenvalue weighted by Gasteiger charge is 2.05. The van der Waals surface area contributed by atoms with E-state index >= 15 is 0 Å². The Morgan fingerprint density at radius 2 is 1.85 bits per heavy atom. The van der Waals surface area contributed by atoms with Crippen LogP contribution in [0.25, 0.3) is 0 Å². The normalized spacial score (nSPS) is 15.7. The van der Waals surface area contributed by atoms with E-state index in [4.69, 9.17) is 0 Å². The fourth-order valence-electron chi connectivity index (χ4n) is 1.09. The molecule has 0 heterocycles. The number of ketones is 1. The highest BCUT2D eigenvalue weighted by molar-refractivity contribution is 5.78. The molecule has 0 unspecified atom stereocenters. The summed E-state index contributed by atoms with van der Waals surface area (Å²) < 4.78 is 4.26.